The Kier molecular flexibility index (Phi) is 6.16. The van der Waals surface area contributed by atoms with Gasteiger partial charge in [0.15, 0.2) is 5.78 Å². The van der Waals surface area contributed by atoms with Crippen LogP contribution < -0.4 is 5.32 Å². The Balaban J connectivity index is 1.48. The quantitative estimate of drug-likeness (QED) is 0.444. The Morgan fingerprint density at radius 2 is 1.61 bits per heavy atom. The number of ketones is 1. The summed E-state index contributed by atoms with van der Waals surface area (Å²) in [6, 6.07) is 21.5. The van der Waals surface area contributed by atoms with Crippen molar-refractivity contribution < 1.29 is 4.79 Å². The molecule has 0 saturated carbocycles. The van der Waals surface area contributed by atoms with Crippen LogP contribution in [-0.2, 0) is 18.6 Å². The molecule has 1 aliphatic rings. The van der Waals surface area contributed by atoms with Gasteiger partial charge in [0.2, 0.25) is 0 Å². The Hall–Kier alpha value is -2.07. The van der Waals surface area contributed by atoms with Gasteiger partial charge in [0.1, 0.15) is 0 Å². The fraction of sp³-hybridized carbons (Fsp3) is 0.208. The second-order valence-corrected chi connectivity index (χ2v) is 8.34. The zero-order valence-corrected chi connectivity index (χ0v) is 17.2. The number of fused-ring (bicyclic) bond motifs is 1. The summed E-state index contributed by atoms with van der Waals surface area (Å²) < 4.78 is 0. The van der Waals surface area contributed by atoms with Crippen LogP contribution in [0.2, 0.25) is 5.02 Å². The second-order valence-electron chi connectivity index (χ2n) is 6.94. The lowest BCUT2D eigenvalue weighted by molar-refractivity contribution is 0.103. The van der Waals surface area contributed by atoms with Crippen LogP contribution in [0.25, 0.3) is 0 Å². The van der Waals surface area contributed by atoms with Crippen LogP contribution in [0.5, 0.6) is 0 Å². The van der Waals surface area contributed by atoms with Gasteiger partial charge >= 0.3 is 0 Å². The first-order valence-electron chi connectivity index (χ1n) is 9.55. The Morgan fingerprint density at radius 3 is 2.39 bits per heavy atom. The van der Waals surface area contributed by atoms with Crippen LogP contribution in [0.4, 0.5) is 0 Å². The van der Waals surface area contributed by atoms with Gasteiger partial charge in [0.05, 0.1) is 5.02 Å². The molecule has 0 amide bonds. The summed E-state index contributed by atoms with van der Waals surface area (Å²) in [5.41, 5.74) is 5.42. The third-order valence-electron chi connectivity index (χ3n) is 5.07. The number of nitrogens with one attached hydrogen (secondary N) is 1. The Morgan fingerprint density at radius 1 is 0.893 bits per heavy atom. The first-order valence-corrected chi connectivity index (χ1v) is 10.9. The van der Waals surface area contributed by atoms with Crippen LogP contribution in [0.15, 0.2) is 71.6 Å². The highest BCUT2D eigenvalue weighted by Gasteiger charge is 2.15. The van der Waals surface area contributed by atoms with E-state index in [1.807, 2.05) is 60.7 Å². The lowest BCUT2D eigenvalue weighted by Gasteiger charge is -2.14. The lowest BCUT2D eigenvalue weighted by Crippen LogP contribution is -2.16. The number of halogens is 1. The summed E-state index contributed by atoms with van der Waals surface area (Å²) in [7, 11) is 0. The predicted molar refractivity (Wildman–Crippen MR) is 118 cm³/mol. The normalized spacial score (nSPS) is 13.6. The maximum absolute atomic E-state index is 12.5. The summed E-state index contributed by atoms with van der Waals surface area (Å²) in [6.07, 6.45) is 2.07. The summed E-state index contributed by atoms with van der Waals surface area (Å²) in [5, 5.41) is 4.30. The Labute approximate surface area is 175 Å². The van der Waals surface area contributed by atoms with E-state index in [4.69, 9.17) is 11.6 Å². The summed E-state index contributed by atoms with van der Waals surface area (Å²) in [5.74, 6) is 0.896. The van der Waals surface area contributed by atoms with E-state index in [1.54, 1.807) is 11.8 Å². The zero-order valence-electron chi connectivity index (χ0n) is 15.6. The maximum atomic E-state index is 12.5. The number of carbonyl (C=O) groups excluding carboxylic acids is 1. The zero-order chi connectivity index (χ0) is 19.3. The molecule has 0 unspecified atom stereocenters. The van der Waals surface area contributed by atoms with E-state index in [0.717, 1.165) is 47.8 Å². The number of thioether (sulfide) groups is 1. The van der Waals surface area contributed by atoms with Gasteiger partial charge in [0.25, 0.3) is 0 Å². The predicted octanol–water partition coefficient (Wildman–Crippen LogP) is 5.55. The second kappa shape index (κ2) is 8.95. The number of hydrogen-bond acceptors (Lipinski definition) is 3. The molecular formula is C24H22ClNOS. The highest BCUT2D eigenvalue weighted by molar-refractivity contribution is 7.98. The van der Waals surface area contributed by atoms with Crippen molar-refractivity contribution in [1.29, 1.82) is 0 Å². The van der Waals surface area contributed by atoms with E-state index in [2.05, 4.69) is 11.4 Å². The van der Waals surface area contributed by atoms with Crippen molar-refractivity contribution in [2.75, 3.05) is 13.1 Å². The number of benzene rings is 3. The molecule has 0 aromatic heterocycles. The molecule has 4 heteroatoms. The Bertz CT molecular complexity index is 970. The van der Waals surface area contributed by atoms with Crippen LogP contribution in [0, 0.1) is 0 Å². The molecule has 1 heterocycles. The minimum Gasteiger partial charge on any atom is -0.316 e. The molecule has 0 spiro atoms. The number of hydrogen-bond donors (Lipinski definition) is 1. The standard InChI is InChI=1S/C24H22ClNOS/c25-22-11-10-18-12-14-26-15-13-21(18)24(22)28-16-17-6-8-20(9-7-17)23(27)19-4-2-1-3-5-19/h1-11,26H,12-16H2. The third kappa shape index (κ3) is 4.33. The lowest BCUT2D eigenvalue weighted by atomic mass is 10.0. The van der Waals surface area contributed by atoms with Crippen molar-refractivity contribution >= 4 is 29.1 Å². The van der Waals surface area contributed by atoms with Crippen LogP contribution in [-0.4, -0.2) is 18.9 Å². The van der Waals surface area contributed by atoms with Crippen molar-refractivity contribution in [3.8, 4) is 0 Å². The van der Waals surface area contributed by atoms with Gasteiger partial charge in [-0.15, -0.1) is 11.8 Å². The van der Waals surface area contributed by atoms with E-state index in [-0.39, 0.29) is 5.78 Å². The smallest absolute Gasteiger partial charge is 0.193 e. The van der Waals surface area contributed by atoms with Crippen molar-refractivity contribution in [2.45, 2.75) is 23.5 Å². The molecule has 2 nitrogen and oxygen atoms in total. The SMILES string of the molecule is O=C(c1ccccc1)c1ccc(CSc2c(Cl)ccc3c2CCNCC3)cc1. The molecule has 0 atom stereocenters. The maximum Gasteiger partial charge on any atom is 0.193 e. The van der Waals surface area contributed by atoms with Gasteiger partial charge < -0.3 is 5.32 Å². The molecule has 3 aromatic rings. The first kappa shape index (κ1) is 19.3. The van der Waals surface area contributed by atoms with Gasteiger partial charge in [-0.1, -0.05) is 72.3 Å². The molecule has 0 fully saturated rings. The molecule has 1 aliphatic heterocycles. The number of rotatable bonds is 5. The molecule has 0 bridgehead atoms. The van der Waals surface area contributed by atoms with E-state index >= 15 is 0 Å². The van der Waals surface area contributed by atoms with E-state index in [9.17, 15) is 4.79 Å². The van der Waals surface area contributed by atoms with E-state index in [0.29, 0.717) is 0 Å². The first-order chi connectivity index (χ1) is 13.7. The van der Waals surface area contributed by atoms with E-state index < -0.39 is 0 Å². The molecule has 0 aliphatic carbocycles. The fourth-order valence-corrected chi connectivity index (χ4v) is 4.99. The molecule has 1 N–H and O–H groups in total. The van der Waals surface area contributed by atoms with E-state index in [1.165, 1.54) is 21.6 Å². The summed E-state index contributed by atoms with van der Waals surface area (Å²) >= 11 is 8.32. The average Bonchev–Trinajstić information content (AvgIpc) is 2.99. The average molecular weight is 408 g/mol. The highest BCUT2D eigenvalue weighted by atomic mass is 35.5. The minimum absolute atomic E-state index is 0.0590. The van der Waals surface area contributed by atoms with Crippen LogP contribution in [0.1, 0.15) is 32.6 Å². The molecule has 0 saturated heterocycles. The summed E-state index contributed by atoms with van der Waals surface area (Å²) in [4.78, 5) is 13.7. The molecule has 0 radical (unpaired) electrons. The topological polar surface area (TPSA) is 29.1 Å². The third-order valence-corrected chi connectivity index (χ3v) is 6.73. The van der Waals surface area contributed by atoms with Gasteiger partial charge in [-0.05, 0) is 48.7 Å². The molecule has 28 heavy (non-hydrogen) atoms. The van der Waals surface area contributed by atoms with Crippen LogP contribution >= 0.6 is 23.4 Å². The molecule has 4 rings (SSSR count). The molecular weight excluding hydrogens is 386 g/mol. The van der Waals surface area contributed by atoms with Gasteiger partial charge in [-0.3, -0.25) is 4.79 Å². The fourth-order valence-electron chi connectivity index (χ4n) is 3.53. The van der Waals surface area contributed by atoms with Crippen molar-refractivity contribution in [1.82, 2.24) is 5.32 Å². The van der Waals surface area contributed by atoms with Crippen LogP contribution in [0.3, 0.4) is 0 Å². The van der Waals surface area contributed by atoms with Crippen molar-refractivity contribution in [3.05, 3.63) is 99.6 Å². The van der Waals surface area contributed by atoms with Crippen molar-refractivity contribution in [2.24, 2.45) is 0 Å². The minimum atomic E-state index is 0.0590. The molecule has 142 valence electrons. The largest absolute Gasteiger partial charge is 0.316 e. The number of carbonyl (C=O) groups is 1. The van der Waals surface area contributed by atoms with Gasteiger partial charge in [0, 0.05) is 21.8 Å². The summed E-state index contributed by atoms with van der Waals surface area (Å²) in [6.45, 7) is 2.02. The molecule has 3 aromatic carbocycles. The monoisotopic (exact) mass is 407 g/mol. The van der Waals surface area contributed by atoms with Gasteiger partial charge in [-0.25, -0.2) is 0 Å². The highest BCUT2D eigenvalue weighted by Crippen LogP contribution is 2.36. The van der Waals surface area contributed by atoms with Crippen molar-refractivity contribution in [3.63, 3.8) is 0 Å². The van der Waals surface area contributed by atoms with Gasteiger partial charge in [-0.2, -0.15) is 0 Å².